The number of pyridine rings is 2. The van der Waals surface area contributed by atoms with Gasteiger partial charge in [0.2, 0.25) is 0 Å². The molecule has 3 aromatic rings. The molecule has 1 aliphatic rings. The number of amides is 1. The molecule has 1 aliphatic heterocycles. The Hall–Kier alpha value is -3.42. The number of piperidine rings is 1. The number of hydrogen-bond donors (Lipinski definition) is 1. The number of aromatic nitrogens is 2. The summed E-state index contributed by atoms with van der Waals surface area (Å²) in [7, 11) is 0. The monoisotopic (exact) mass is 482 g/mol. The number of hydrogen-bond acceptors (Lipinski definition) is 4. The molecule has 1 N–H and O–H groups in total. The van der Waals surface area contributed by atoms with Crippen LogP contribution in [0.4, 0.5) is 19.0 Å². The average Bonchev–Trinajstić information content (AvgIpc) is 2.83. The lowest BCUT2D eigenvalue weighted by molar-refractivity contribution is -0.137. The van der Waals surface area contributed by atoms with Crippen molar-refractivity contribution in [3.05, 3.63) is 77.2 Å². The fraction of sp³-hybridized carbons (Fsp3) is 0.370. The maximum absolute atomic E-state index is 13.9. The molecule has 1 saturated heterocycles. The molecular weight excluding hydrogens is 453 g/mol. The Morgan fingerprint density at radius 2 is 1.89 bits per heavy atom. The van der Waals surface area contributed by atoms with Crippen LogP contribution < -0.4 is 5.32 Å². The fourth-order valence-corrected chi connectivity index (χ4v) is 4.56. The quantitative estimate of drug-likeness (QED) is 0.475. The van der Waals surface area contributed by atoms with Gasteiger partial charge in [0.15, 0.2) is 0 Å². The van der Waals surface area contributed by atoms with Gasteiger partial charge < -0.3 is 10.2 Å². The first-order valence-electron chi connectivity index (χ1n) is 11.8. The maximum Gasteiger partial charge on any atom is 0.417 e. The largest absolute Gasteiger partial charge is 0.417 e. The van der Waals surface area contributed by atoms with Crippen molar-refractivity contribution in [2.24, 2.45) is 5.92 Å². The summed E-state index contributed by atoms with van der Waals surface area (Å²) in [6, 6.07) is 12.0. The Labute approximate surface area is 203 Å². The van der Waals surface area contributed by atoms with Gasteiger partial charge in [-0.05, 0) is 62.4 Å². The number of halogens is 3. The van der Waals surface area contributed by atoms with Crippen LogP contribution in [0.5, 0.6) is 0 Å². The van der Waals surface area contributed by atoms with E-state index in [9.17, 15) is 18.0 Å². The van der Waals surface area contributed by atoms with E-state index >= 15 is 0 Å². The molecule has 1 unspecified atom stereocenters. The van der Waals surface area contributed by atoms with Gasteiger partial charge in [-0.25, -0.2) is 4.98 Å². The minimum Gasteiger partial charge on any atom is -0.368 e. The molecule has 4 rings (SSSR count). The van der Waals surface area contributed by atoms with Gasteiger partial charge in [-0.3, -0.25) is 9.78 Å². The van der Waals surface area contributed by atoms with Crippen molar-refractivity contribution in [3.63, 3.8) is 0 Å². The SMILES string of the molecule is Cc1ccc(-c2ccc(C)nc2)c(C(=O)N2CCCC(C)[C@H]2CNc2ccc(C(F)(F)F)cn2)c1. The van der Waals surface area contributed by atoms with Crippen molar-refractivity contribution >= 4 is 11.7 Å². The summed E-state index contributed by atoms with van der Waals surface area (Å²) >= 11 is 0. The van der Waals surface area contributed by atoms with Crippen LogP contribution >= 0.6 is 0 Å². The van der Waals surface area contributed by atoms with Crippen LogP contribution in [0.2, 0.25) is 0 Å². The summed E-state index contributed by atoms with van der Waals surface area (Å²) in [5, 5.41) is 3.14. The highest BCUT2D eigenvalue weighted by Crippen LogP contribution is 2.31. The van der Waals surface area contributed by atoms with Crippen LogP contribution in [0, 0.1) is 19.8 Å². The number of carbonyl (C=O) groups is 1. The summed E-state index contributed by atoms with van der Waals surface area (Å²) in [5.41, 5.74) is 3.45. The van der Waals surface area contributed by atoms with E-state index in [4.69, 9.17) is 0 Å². The molecule has 0 bridgehead atoms. The van der Waals surface area contributed by atoms with E-state index < -0.39 is 11.7 Å². The van der Waals surface area contributed by atoms with E-state index in [-0.39, 0.29) is 17.9 Å². The van der Waals surface area contributed by atoms with Crippen LogP contribution in [-0.4, -0.2) is 39.9 Å². The molecule has 5 nitrogen and oxygen atoms in total. The molecule has 0 saturated carbocycles. The van der Waals surface area contributed by atoms with E-state index in [1.807, 2.05) is 49.1 Å². The van der Waals surface area contributed by atoms with Crippen LogP contribution in [-0.2, 0) is 6.18 Å². The van der Waals surface area contributed by atoms with Gasteiger partial charge in [-0.1, -0.05) is 30.7 Å². The average molecular weight is 483 g/mol. The minimum absolute atomic E-state index is 0.0528. The minimum atomic E-state index is -4.43. The van der Waals surface area contributed by atoms with Crippen molar-refractivity contribution in [1.82, 2.24) is 14.9 Å². The Morgan fingerprint density at radius 1 is 1.09 bits per heavy atom. The van der Waals surface area contributed by atoms with Gasteiger partial charge >= 0.3 is 6.18 Å². The highest BCUT2D eigenvalue weighted by atomic mass is 19.4. The molecule has 8 heteroatoms. The van der Waals surface area contributed by atoms with Crippen molar-refractivity contribution in [2.45, 2.75) is 45.8 Å². The second-order valence-corrected chi connectivity index (χ2v) is 9.23. The number of carbonyl (C=O) groups excluding carboxylic acids is 1. The summed E-state index contributed by atoms with van der Waals surface area (Å²) in [6.45, 7) is 7.01. The number of nitrogens with one attached hydrogen (secondary N) is 1. The van der Waals surface area contributed by atoms with E-state index in [1.54, 1.807) is 6.20 Å². The predicted octanol–water partition coefficient (Wildman–Crippen LogP) is 6.13. The molecule has 1 amide bonds. The van der Waals surface area contributed by atoms with Gasteiger partial charge in [-0.15, -0.1) is 0 Å². The van der Waals surface area contributed by atoms with Crippen LogP contribution in [0.3, 0.4) is 0 Å². The van der Waals surface area contributed by atoms with Crippen molar-refractivity contribution in [1.29, 1.82) is 0 Å². The lowest BCUT2D eigenvalue weighted by atomic mass is 9.89. The third kappa shape index (κ3) is 5.63. The standard InChI is InChI=1S/C27H29F3N4O/c1-17-6-10-22(20-8-7-19(3)31-14-20)23(13-17)26(35)34-12-4-5-18(2)24(34)16-33-25-11-9-21(15-32-25)27(28,29)30/h6-11,13-15,18,24H,4-5,12,16H2,1-3H3,(H,32,33)/t18?,24-/m1/s1. The summed E-state index contributed by atoms with van der Waals surface area (Å²) in [6.07, 6.45) is 0.0501. The van der Waals surface area contributed by atoms with Crippen molar-refractivity contribution in [2.75, 3.05) is 18.4 Å². The number of alkyl halides is 3. The highest BCUT2D eigenvalue weighted by molar-refractivity contribution is 6.01. The zero-order valence-electron chi connectivity index (χ0n) is 20.1. The second-order valence-electron chi connectivity index (χ2n) is 9.23. The molecule has 1 fully saturated rings. The predicted molar refractivity (Wildman–Crippen MR) is 130 cm³/mol. The maximum atomic E-state index is 13.9. The fourth-order valence-electron chi connectivity index (χ4n) is 4.56. The van der Waals surface area contributed by atoms with Gasteiger partial charge in [0.05, 0.1) is 11.6 Å². The van der Waals surface area contributed by atoms with Gasteiger partial charge in [0.1, 0.15) is 5.82 Å². The van der Waals surface area contributed by atoms with Crippen LogP contribution in [0.15, 0.2) is 54.9 Å². The third-order valence-electron chi connectivity index (χ3n) is 6.59. The molecule has 2 atom stereocenters. The summed E-state index contributed by atoms with van der Waals surface area (Å²) < 4.78 is 38.5. The molecule has 1 aromatic carbocycles. The summed E-state index contributed by atoms with van der Waals surface area (Å²) in [5.74, 6) is 0.525. The van der Waals surface area contributed by atoms with E-state index in [0.717, 1.165) is 47.5 Å². The van der Waals surface area contributed by atoms with Gasteiger partial charge in [0.25, 0.3) is 5.91 Å². The molecule has 2 aromatic heterocycles. The first kappa shape index (κ1) is 24.7. The van der Waals surface area contributed by atoms with Gasteiger partial charge in [-0.2, -0.15) is 13.2 Å². The first-order chi connectivity index (χ1) is 16.6. The lowest BCUT2D eigenvalue weighted by Gasteiger charge is -2.40. The van der Waals surface area contributed by atoms with Crippen molar-refractivity contribution < 1.29 is 18.0 Å². The topological polar surface area (TPSA) is 58.1 Å². The van der Waals surface area contributed by atoms with E-state index in [0.29, 0.717) is 24.5 Å². The van der Waals surface area contributed by atoms with Gasteiger partial charge in [0, 0.05) is 42.3 Å². The smallest absolute Gasteiger partial charge is 0.368 e. The van der Waals surface area contributed by atoms with E-state index in [2.05, 4.69) is 22.2 Å². The van der Waals surface area contributed by atoms with Crippen molar-refractivity contribution in [3.8, 4) is 11.1 Å². The van der Waals surface area contributed by atoms with Crippen LogP contribution in [0.25, 0.3) is 11.1 Å². The Morgan fingerprint density at radius 3 is 2.54 bits per heavy atom. The zero-order chi connectivity index (χ0) is 25.2. The number of rotatable bonds is 5. The normalized spacial score (nSPS) is 18.4. The first-order valence-corrected chi connectivity index (χ1v) is 11.8. The molecular formula is C27H29F3N4O. The Bertz CT molecular complexity index is 1180. The molecule has 0 spiro atoms. The Kier molecular flexibility index (Phi) is 7.10. The molecule has 35 heavy (non-hydrogen) atoms. The molecule has 0 radical (unpaired) electrons. The third-order valence-corrected chi connectivity index (χ3v) is 6.59. The second kappa shape index (κ2) is 10.1. The number of benzene rings is 1. The molecule has 184 valence electrons. The number of aryl methyl sites for hydroxylation is 2. The number of likely N-dealkylation sites (tertiary alicyclic amines) is 1. The zero-order valence-corrected chi connectivity index (χ0v) is 20.1. The summed E-state index contributed by atoms with van der Waals surface area (Å²) in [4.78, 5) is 24.1. The highest BCUT2D eigenvalue weighted by Gasteiger charge is 2.34. The Balaban J connectivity index is 1.58. The number of anilines is 1. The lowest BCUT2D eigenvalue weighted by Crippen LogP contribution is -2.51. The molecule has 0 aliphatic carbocycles. The van der Waals surface area contributed by atoms with Crippen LogP contribution in [0.1, 0.15) is 46.9 Å². The number of nitrogens with zero attached hydrogens (tertiary/aromatic N) is 3. The van der Waals surface area contributed by atoms with E-state index in [1.165, 1.54) is 6.07 Å². The molecule has 3 heterocycles.